The van der Waals surface area contributed by atoms with E-state index in [4.69, 9.17) is 5.73 Å². The maximum absolute atomic E-state index is 13.1. The Morgan fingerprint density at radius 1 is 0.568 bits per heavy atom. The number of aliphatic carboxylic acids is 1. The number of urea groups is 1. The van der Waals surface area contributed by atoms with Gasteiger partial charge in [0.25, 0.3) is 0 Å². The van der Waals surface area contributed by atoms with Gasteiger partial charge in [0.05, 0.1) is 0 Å². The van der Waals surface area contributed by atoms with Gasteiger partial charge in [-0.1, -0.05) is 162 Å². The molecule has 0 aliphatic rings. The highest BCUT2D eigenvalue weighted by molar-refractivity contribution is 5.98. The first kappa shape index (κ1) is 42.4. The van der Waals surface area contributed by atoms with Crippen molar-refractivity contribution < 1.29 is 19.5 Å². The Morgan fingerprint density at radius 2 is 0.955 bits per heavy atom. The lowest BCUT2D eigenvalue weighted by Crippen LogP contribution is -2.52. The molecule has 0 spiro atoms. The standard InChI is InChI=1S/C37H73N3O4/c1-3-5-7-9-11-13-14-15-16-17-18-19-21-23-25-29-33-39-37(44)40(34(36(42)43)30-27-28-32-38)35(41)31-26-24-22-20-12-10-8-6-4-2/h34H,3-33,38H2,1-2H3,(H,39,44)(H,42,43)/t34-/m0/s1. The summed E-state index contributed by atoms with van der Waals surface area (Å²) in [6.45, 7) is 5.42. The minimum absolute atomic E-state index is 0.211. The van der Waals surface area contributed by atoms with Gasteiger partial charge in [0.2, 0.25) is 5.91 Å². The van der Waals surface area contributed by atoms with E-state index in [2.05, 4.69) is 19.2 Å². The molecule has 4 N–H and O–H groups in total. The van der Waals surface area contributed by atoms with E-state index in [1.165, 1.54) is 116 Å². The van der Waals surface area contributed by atoms with Gasteiger partial charge in [-0.3, -0.25) is 4.79 Å². The predicted octanol–water partition coefficient (Wildman–Crippen LogP) is 10.3. The summed E-state index contributed by atoms with van der Waals surface area (Å²) in [5.74, 6) is -1.50. The molecule has 1 atom stereocenters. The molecular weight excluding hydrogens is 550 g/mol. The van der Waals surface area contributed by atoms with Gasteiger partial charge >= 0.3 is 12.0 Å². The molecule has 0 aliphatic heterocycles. The summed E-state index contributed by atoms with van der Waals surface area (Å²) in [4.78, 5) is 39.3. The van der Waals surface area contributed by atoms with Crippen molar-refractivity contribution in [3.63, 3.8) is 0 Å². The molecule has 0 radical (unpaired) electrons. The fourth-order valence-electron chi connectivity index (χ4n) is 5.93. The van der Waals surface area contributed by atoms with Gasteiger partial charge in [-0.2, -0.15) is 0 Å². The van der Waals surface area contributed by atoms with Crippen LogP contribution < -0.4 is 11.1 Å². The Morgan fingerprint density at radius 3 is 1.34 bits per heavy atom. The topological polar surface area (TPSA) is 113 Å². The minimum atomic E-state index is -1.14. The van der Waals surface area contributed by atoms with Crippen LogP contribution in [-0.4, -0.2) is 47.0 Å². The number of carboxylic acid groups (broad SMARTS) is 1. The average Bonchev–Trinajstić information content (AvgIpc) is 3.01. The van der Waals surface area contributed by atoms with Crippen LogP contribution >= 0.6 is 0 Å². The third-order valence-electron chi connectivity index (χ3n) is 8.82. The van der Waals surface area contributed by atoms with E-state index in [1.807, 2.05) is 0 Å². The summed E-state index contributed by atoms with van der Waals surface area (Å²) in [5.41, 5.74) is 5.60. The Hall–Kier alpha value is -1.63. The van der Waals surface area contributed by atoms with Crippen molar-refractivity contribution in [3.05, 3.63) is 0 Å². The van der Waals surface area contributed by atoms with Gasteiger partial charge in [0.15, 0.2) is 0 Å². The zero-order valence-electron chi connectivity index (χ0n) is 29.2. The third kappa shape index (κ3) is 25.7. The van der Waals surface area contributed by atoms with Crippen molar-refractivity contribution in [2.45, 2.75) is 206 Å². The number of nitrogens with two attached hydrogens (primary N) is 1. The lowest BCUT2D eigenvalue weighted by atomic mass is 10.0. The van der Waals surface area contributed by atoms with E-state index in [0.29, 0.717) is 32.4 Å². The molecule has 0 aliphatic carbocycles. The molecule has 0 saturated carbocycles. The lowest BCUT2D eigenvalue weighted by molar-refractivity contribution is -0.148. The number of imide groups is 1. The number of carbonyl (C=O) groups excluding carboxylic acids is 2. The molecule has 0 aromatic heterocycles. The van der Waals surface area contributed by atoms with E-state index in [0.717, 1.165) is 43.4 Å². The number of nitrogens with one attached hydrogen (secondary N) is 1. The number of hydrogen-bond donors (Lipinski definition) is 3. The fraction of sp³-hybridized carbons (Fsp3) is 0.919. The second kappa shape index (κ2) is 32.8. The highest BCUT2D eigenvalue weighted by Gasteiger charge is 2.33. The molecule has 3 amide bonds. The number of hydrogen-bond acceptors (Lipinski definition) is 4. The second-order valence-electron chi connectivity index (χ2n) is 13.0. The van der Waals surface area contributed by atoms with Crippen LogP contribution in [0.1, 0.15) is 200 Å². The first-order valence-corrected chi connectivity index (χ1v) is 19.0. The first-order chi connectivity index (χ1) is 21.5. The molecule has 7 nitrogen and oxygen atoms in total. The molecule has 0 aromatic carbocycles. The Balaban J connectivity index is 4.28. The van der Waals surface area contributed by atoms with E-state index in [1.54, 1.807) is 0 Å². The smallest absolute Gasteiger partial charge is 0.326 e. The normalized spacial score (nSPS) is 11.9. The summed E-state index contributed by atoms with van der Waals surface area (Å²) in [6, 6.07) is -1.70. The number of amides is 3. The molecule has 260 valence electrons. The van der Waals surface area contributed by atoms with Crippen LogP contribution in [0.25, 0.3) is 0 Å². The van der Waals surface area contributed by atoms with Crippen LogP contribution in [-0.2, 0) is 9.59 Å². The van der Waals surface area contributed by atoms with Gasteiger partial charge < -0.3 is 16.2 Å². The van der Waals surface area contributed by atoms with Gasteiger partial charge in [0, 0.05) is 13.0 Å². The first-order valence-electron chi connectivity index (χ1n) is 19.0. The largest absolute Gasteiger partial charge is 0.480 e. The van der Waals surface area contributed by atoms with E-state index >= 15 is 0 Å². The van der Waals surface area contributed by atoms with Crippen LogP contribution in [0.5, 0.6) is 0 Å². The molecule has 0 heterocycles. The SMILES string of the molecule is CCCCCCCCCCCCCCCCCCNC(=O)N(C(=O)CCCCCCCCCCC)[C@@H](CCCCN)C(=O)O. The fourth-order valence-corrected chi connectivity index (χ4v) is 5.93. The predicted molar refractivity (Wildman–Crippen MR) is 186 cm³/mol. The van der Waals surface area contributed by atoms with Crippen molar-refractivity contribution >= 4 is 17.9 Å². The molecular formula is C37H73N3O4. The van der Waals surface area contributed by atoms with Crippen molar-refractivity contribution in [3.8, 4) is 0 Å². The highest BCUT2D eigenvalue weighted by atomic mass is 16.4. The third-order valence-corrected chi connectivity index (χ3v) is 8.82. The Bertz CT molecular complexity index is 673. The van der Waals surface area contributed by atoms with Crippen LogP contribution in [0, 0.1) is 0 Å². The number of unbranched alkanes of at least 4 members (excludes halogenated alkanes) is 24. The van der Waals surface area contributed by atoms with Crippen LogP contribution in [0.3, 0.4) is 0 Å². The summed E-state index contributed by atoms with van der Waals surface area (Å²) in [5, 5.41) is 12.7. The molecule has 0 unspecified atom stereocenters. The molecule has 0 fully saturated rings. The molecule has 0 bridgehead atoms. The van der Waals surface area contributed by atoms with Crippen LogP contribution in [0.2, 0.25) is 0 Å². The zero-order valence-corrected chi connectivity index (χ0v) is 29.2. The van der Waals surface area contributed by atoms with Crippen molar-refractivity contribution in [2.24, 2.45) is 5.73 Å². The summed E-state index contributed by atoms with van der Waals surface area (Å²) < 4.78 is 0. The van der Waals surface area contributed by atoms with Gasteiger partial charge in [0.1, 0.15) is 6.04 Å². The summed E-state index contributed by atoms with van der Waals surface area (Å²) >= 11 is 0. The van der Waals surface area contributed by atoms with Crippen molar-refractivity contribution in [1.29, 1.82) is 0 Å². The number of carbonyl (C=O) groups is 3. The number of carboxylic acids is 1. The Kier molecular flexibility index (Phi) is 31.5. The highest BCUT2D eigenvalue weighted by Crippen LogP contribution is 2.16. The minimum Gasteiger partial charge on any atom is -0.480 e. The second-order valence-corrected chi connectivity index (χ2v) is 13.0. The Labute approximate surface area is 272 Å². The maximum Gasteiger partial charge on any atom is 0.326 e. The zero-order chi connectivity index (χ0) is 32.5. The van der Waals surface area contributed by atoms with Gasteiger partial charge in [-0.25, -0.2) is 14.5 Å². The summed E-state index contributed by atoms with van der Waals surface area (Å²) in [7, 11) is 0. The maximum atomic E-state index is 13.1. The van der Waals surface area contributed by atoms with E-state index < -0.39 is 18.0 Å². The molecule has 7 heteroatoms. The van der Waals surface area contributed by atoms with E-state index in [9.17, 15) is 19.5 Å². The van der Waals surface area contributed by atoms with E-state index in [-0.39, 0.29) is 18.7 Å². The lowest BCUT2D eigenvalue weighted by Gasteiger charge is -2.27. The van der Waals surface area contributed by atoms with Crippen molar-refractivity contribution in [2.75, 3.05) is 13.1 Å². The average molecular weight is 624 g/mol. The molecule has 44 heavy (non-hydrogen) atoms. The monoisotopic (exact) mass is 624 g/mol. The number of rotatable bonds is 33. The van der Waals surface area contributed by atoms with Crippen LogP contribution in [0.4, 0.5) is 4.79 Å². The molecule has 0 aromatic rings. The van der Waals surface area contributed by atoms with Crippen LogP contribution in [0.15, 0.2) is 0 Å². The molecule has 0 rings (SSSR count). The number of nitrogens with zero attached hydrogens (tertiary/aromatic N) is 1. The molecule has 0 saturated heterocycles. The summed E-state index contributed by atoms with van der Waals surface area (Å²) in [6.07, 6.45) is 32.5. The van der Waals surface area contributed by atoms with Gasteiger partial charge in [-0.15, -0.1) is 0 Å². The quantitative estimate of drug-likeness (QED) is 0.0630. The van der Waals surface area contributed by atoms with Gasteiger partial charge in [-0.05, 0) is 38.6 Å². The van der Waals surface area contributed by atoms with Crippen molar-refractivity contribution in [1.82, 2.24) is 10.2 Å².